The van der Waals surface area contributed by atoms with Crippen LogP contribution in [0.25, 0.3) is 6.08 Å². The zero-order valence-electron chi connectivity index (χ0n) is 14.4. The maximum absolute atomic E-state index is 12.2. The first-order valence-electron chi connectivity index (χ1n) is 7.72. The molecule has 5 heteroatoms. The van der Waals surface area contributed by atoms with E-state index in [1.54, 1.807) is 57.2 Å². The highest BCUT2D eigenvalue weighted by molar-refractivity contribution is 6.05. The summed E-state index contributed by atoms with van der Waals surface area (Å²) in [6, 6.07) is 14.1. The number of hydrogen-bond donors (Lipinski definition) is 0. The quantitative estimate of drug-likeness (QED) is 0.602. The van der Waals surface area contributed by atoms with Crippen LogP contribution in [-0.2, 0) is 11.4 Å². The van der Waals surface area contributed by atoms with Crippen LogP contribution >= 0.6 is 0 Å². The molecule has 2 rings (SSSR count). The molecule has 0 aliphatic carbocycles. The smallest absolute Gasteiger partial charge is 0.178 e. The van der Waals surface area contributed by atoms with E-state index in [0.717, 1.165) is 0 Å². The first-order chi connectivity index (χ1) is 11.8. The van der Waals surface area contributed by atoms with Crippen LogP contribution in [0, 0.1) is 28.1 Å². The normalized spacial score (nSPS) is 11.5. The van der Waals surface area contributed by atoms with Gasteiger partial charge in [-0.25, -0.2) is 0 Å². The van der Waals surface area contributed by atoms with Gasteiger partial charge in [-0.1, -0.05) is 20.8 Å². The van der Waals surface area contributed by atoms with Gasteiger partial charge in [-0.15, -0.1) is 0 Å². The number of furan rings is 1. The van der Waals surface area contributed by atoms with Crippen LogP contribution in [0.4, 0.5) is 0 Å². The Morgan fingerprint density at radius 3 is 2.40 bits per heavy atom. The molecule has 0 unspecified atom stereocenters. The molecule has 0 aliphatic heterocycles. The molecule has 0 amide bonds. The van der Waals surface area contributed by atoms with Crippen molar-refractivity contribution in [3.63, 3.8) is 0 Å². The Bertz CT molecular complexity index is 869. The largest absolute Gasteiger partial charge is 0.486 e. The monoisotopic (exact) mass is 334 g/mol. The Kier molecular flexibility index (Phi) is 5.41. The fourth-order valence-electron chi connectivity index (χ4n) is 2.02. The molecule has 0 radical (unpaired) electrons. The molecule has 25 heavy (non-hydrogen) atoms. The third-order valence-corrected chi connectivity index (χ3v) is 3.38. The lowest BCUT2D eigenvalue weighted by Crippen LogP contribution is -2.21. The molecule has 0 atom stereocenters. The van der Waals surface area contributed by atoms with Crippen molar-refractivity contribution >= 4 is 11.9 Å². The Labute approximate surface area is 146 Å². The summed E-state index contributed by atoms with van der Waals surface area (Å²) in [4.78, 5) is 12.2. The highest BCUT2D eigenvalue weighted by atomic mass is 16.5. The van der Waals surface area contributed by atoms with E-state index in [1.807, 2.05) is 12.1 Å². The maximum Gasteiger partial charge on any atom is 0.178 e. The number of ether oxygens (including phenoxy) is 1. The van der Waals surface area contributed by atoms with E-state index in [0.29, 0.717) is 22.8 Å². The Hall–Kier alpha value is -3.31. The SMILES string of the molecule is CC(C)(C)C(=O)/C(C#N)=C/c1ccc(COc2ccc(C#N)cc2)o1. The van der Waals surface area contributed by atoms with Crippen LogP contribution in [0.15, 0.2) is 46.4 Å². The zero-order chi connectivity index (χ0) is 18.4. The molecular weight excluding hydrogens is 316 g/mol. The molecule has 0 bridgehead atoms. The predicted molar refractivity (Wildman–Crippen MR) is 92.2 cm³/mol. The second-order valence-electron chi connectivity index (χ2n) is 6.48. The maximum atomic E-state index is 12.2. The van der Waals surface area contributed by atoms with Gasteiger partial charge >= 0.3 is 0 Å². The van der Waals surface area contributed by atoms with E-state index in [4.69, 9.17) is 14.4 Å². The minimum absolute atomic E-state index is 0.0569. The number of allylic oxidation sites excluding steroid dienone is 1. The number of nitriles is 2. The van der Waals surface area contributed by atoms with Gasteiger partial charge in [0.05, 0.1) is 17.2 Å². The molecular formula is C20H18N2O3. The molecule has 1 heterocycles. The third-order valence-electron chi connectivity index (χ3n) is 3.38. The summed E-state index contributed by atoms with van der Waals surface area (Å²) in [7, 11) is 0. The van der Waals surface area contributed by atoms with Crippen molar-refractivity contribution in [1.82, 2.24) is 0 Å². The zero-order valence-corrected chi connectivity index (χ0v) is 14.4. The number of ketones is 1. The Morgan fingerprint density at radius 2 is 1.84 bits per heavy atom. The minimum atomic E-state index is -0.629. The summed E-state index contributed by atoms with van der Waals surface area (Å²) < 4.78 is 11.2. The Morgan fingerprint density at radius 1 is 1.16 bits per heavy atom. The number of hydrogen-bond acceptors (Lipinski definition) is 5. The fourth-order valence-corrected chi connectivity index (χ4v) is 2.02. The molecule has 1 aromatic carbocycles. The first kappa shape index (κ1) is 18.0. The van der Waals surface area contributed by atoms with E-state index in [9.17, 15) is 10.1 Å². The number of Topliss-reactive ketones (excluding diaryl/α,β-unsaturated/α-hetero) is 1. The molecule has 0 N–H and O–H groups in total. The number of nitrogens with zero attached hydrogens (tertiary/aromatic N) is 2. The van der Waals surface area contributed by atoms with Gasteiger partial charge in [-0.2, -0.15) is 10.5 Å². The van der Waals surface area contributed by atoms with Crippen LogP contribution < -0.4 is 4.74 Å². The van der Waals surface area contributed by atoms with Crippen molar-refractivity contribution < 1.29 is 13.9 Å². The molecule has 2 aromatic rings. The third kappa shape index (κ3) is 4.83. The first-order valence-corrected chi connectivity index (χ1v) is 7.72. The van der Waals surface area contributed by atoms with Crippen molar-refractivity contribution in [2.75, 3.05) is 0 Å². The standard InChI is InChI=1S/C20H18N2O3/c1-20(2,3)19(23)15(12-22)10-17-8-9-18(25-17)13-24-16-6-4-14(11-21)5-7-16/h4-10H,13H2,1-3H3/b15-10+. The number of carbonyl (C=O) groups is 1. The lowest BCUT2D eigenvalue weighted by atomic mass is 9.86. The summed E-state index contributed by atoms with van der Waals surface area (Å²) >= 11 is 0. The summed E-state index contributed by atoms with van der Waals surface area (Å²) in [5.41, 5.74) is -0.0119. The second-order valence-corrected chi connectivity index (χ2v) is 6.48. The Balaban J connectivity index is 2.06. The predicted octanol–water partition coefficient (Wildman–Crippen LogP) is 4.25. The lowest BCUT2D eigenvalue weighted by Gasteiger charge is -2.15. The molecule has 5 nitrogen and oxygen atoms in total. The van der Waals surface area contributed by atoms with Crippen molar-refractivity contribution in [2.24, 2.45) is 5.41 Å². The van der Waals surface area contributed by atoms with E-state index in [1.165, 1.54) is 6.08 Å². The topological polar surface area (TPSA) is 87.0 Å². The van der Waals surface area contributed by atoms with Crippen LogP contribution in [0.5, 0.6) is 5.75 Å². The minimum Gasteiger partial charge on any atom is -0.486 e. The van der Waals surface area contributed by atoms with E-state index < -0.39 is 5.41 Å². The summed E-state index contributed by atoms with van der Waals surface area (Å²) in [5, 5.41) is 18.0. The van der Waals surface area contributed by atoms with Gasteiger partial charge in [-0.3, -0.25) is 4.79 Å². The molecule has 126 valence electrons. The molecule has 0 spiro atoms. The van der Waals surface area contributed by atoms with Crippen LogP contribution in [0.2, 0.25) is 0 Å². The summed E-state index contributed by atoms with van der Waals surface area (Å²) in [6.07, 6.45) is 1.44. The molecule has 0 saturated heterocycles. The van der Waals surface area contributed by atoms with Crippen LogP contribution in [0.3, 0.4) is 0 Å². The van der Waals surface area contributed by atoms with Crippen molar-refractivity contribution in [3.05, 3.63) is 59.1 Å². The molecule has 1 aromatic heterocycles. The highest BCUT2D eigenvalue weighted by Gasteiger charge is 2.25. The number of carbonyl (C=O) groups excluding carboxylic acids is 1. The van der Waals surface area contributed by atoms with Gasteiger partial charge in [-0.05, 0) is 36.4 Å². The fraction of sp³-hybridized carbons (Fsp3) is 0.250. The van der Waals surface area contributed by atoms with Crippen molar-refractivity contribution in [3.8, 4) is 17.9 Å². The second kappa shape index (κ2) is 7.51. The number of benzene rings is 1. The van der Waals surface area contributed by atoms with E-state index in [2.05, 4.69) is 0 Å². The van der Waals surface area contributed by atoms with Crippen LogP contribution in [0.1, 0.15) is 37.9 Å². The lowest BCUT2D eigenvalue weighted by molar-refractivity contribution is -0.121. The molecule has 0 fully saturated rings. The van der Waals surface area contributed by atoms with Crippen LogP contribution in [-0.4, -0.2) is 5.78 Å². The average Bonchev–Trinajstić information content (AvgIpc) is 3.04. The van der Waals surface area contributed by atoms with Gasteiger partial charge in [0.15, 0.2) is 5.78 Å². The highest BCUT2D eigenvalue weighted by Crippen LogP contribution is 2.22. The summed E-state index contributed by atoms with van der Waals surface area (Å²) in [6.45, 7) is 5.49. The molecule has 0 aliphatic rings. The van der Waals surface area contributed by atoms with Crippen molar-refractivity contribution in [1.29, 1.82) is 10.5 Å². The van der Waals surface area contributed by atoms with Gasteiger partial charge in [0.25, 0.3) is 0 Å². The van der Waals surface area contributed by atoms with E-state index >= 15 is 0 Å². The van der Waals surface area contributed by atoms with E-state index in [-0.39, 0.29) is 18.0 Å². The molecule has 0 saturated carbocycles. The van der Waals surface area contributed by atoms with Gasteiger partial charge < -0.3 is 9.15 Å². The number of rotatable bonds is 5. The van der Waals surface area contributed by atoms with Crippen molar-refractivity contribution in [2.45, 2.75) is 27.4 Å². The van der Waals surface area contributed by atoms with Gasteiger partial charge in [0.2, 0.25) is 0 Å². The van der Waals surface area contributed by atoms with Gasteiger partial charge in [0, 0.05) is 11.5 Å². The average molecular weight is 334 g/mol. The van der Waals surface area contributed by atoms with Gasteiger partial charge in [0.1, 0.15) is 29.9 Å². The summed E-state index contributed by atoms with van der Waals surface area (Å²) in [5.74, 6) is 1.37.